The Morgan fingerprint density at radius 1 is 1.45 bits per heavy atom. The molecule has 0 bridgehead atoms. The van der Waals surface area contributed by atoms with Crippen LogP contribution in [0.25, 0.3) is 0 Å². The lowest BCUT2D eigenvalue weighted by atomic mass is 9.68. The number of hydrogen-bond acceptors (Lipinski definition) is 5. The summed E-state index contributed by atoms with van der Waals surface area (Å²) in [7, 11) is 0. The van der Waals surface area contributed by atoms with Crippen LogP contribution in [0.1, 0.15) is 25.7 Å². The molecule has 2 aliphatic heterocycles. The first-order valence-electron chi connectivity index (χ1n) is 7.40. The Morgan fingerprint density at radius 3 is 3.15 bits per heavy atom. The number of ether oxygens (including phenoxy) is 1. The van der Waals surface area contributed by atoms with Crippen LogP contribution >= 0.6 is 0 Å². The number of nitrogens with zero attached hydrogens (tertiary/aromatic N) is 1. The van der Waals surface area contributed by atoms with Gasteiger partial charge in [0.1, 0.15) is 11.5 Å². The number of allylic oxidation sites excluding steroid dienone is 2. The second-order valence-corrected chi connectivity index (χ2v) is 6.16. The molecule has 1 saturated heterocycles. The van der Waals surface area contributed by atoms with Crippen molar-refractivity contribution in [3.05, 3.63) is 23.4 Å². The van der Waals surface area contributed by atoms with E-state index < -0.39 is 5.41 Å². The van der Waals surface area contributed by atoms with Gasteiger partial charge < -0.3 is 10.2 Å². The maximum absolute atomic E-state index is 12.7. The molecule has 2 N–H and O–H groups in total. The lowest BCUT2D eigenvalue weighted by Gasteiger charge is -2.40. The Bertz CT molecular complexity index is 533. The van der Waals surface area contributed by atoms with E-state index in [0.717, 1.165) is 31.4 Å². The highest BCUT2D eigenvalue weighted by Gasteiger charge is 2.50. The number of carbonyl (C=O) groups excluding carboxylic acids is 1. The van der Waals surface area contributed by atoms with E-state index in [1.165, 1.54) is 12.1 Å². The minimum absolute atomic E-state index is 0.0764. The molecule has 5 nitrogen and oxygen atoms in total. The largest absolute Gasteiger partial charge is 0.462 e. The monoisotopic (exact) mass is 273 g/mol. The van der Waals surface area contributed by atoms with Gasteiger partial charge in [0.05, 0.1) is 6.54 Å². The minimum Gasteiger partial charge on any atom is -0.462 e. The molecular weight excluding hydrogens is 254 g/mol. The Morgan fingerprint density at radius 2 is 2.35 bits per heavy atom. The standard InChI is InChI=1S/C15H19N3O2/c19-14(20-12-2-1-3-12)15-7-10-8-17-18-13(10)6-11(15)4-5-16-9-15/h4-6,10,12,17-18H,1-3,7-9H2. The summed E-state index contributed by atoms with van der Waals surface area (Å²) in [6.07, 6.45) is 9.96. The molecule has 0 aromatic heterocycles. The highest BCUT2D eigenvalue weighted by atomic mass is 16.5. The Balaban J connectivity index is 1.65. The molecule has 0 radical (unpaired) electrons. The van der Waals surface area contributed by atoms with Gasteiger partial charge in [-0.2, -0.15) is 0 Å². The van der Waals surface area contributed by atoms with Crippen molar-refractivity contribution in [1.29, 1.82) is 0 Å². The average molecular weight is 273 g/mol. The lowest BCUT2D eigenvalue weighted by Crippen LogP contribution is -2.45. The van der Waals surface area contributed by atoms with Crippen LogP contribution in [0.5, 0.6) is 0 Å². The summed E-state index contributed by atoms with van der Waals surface area (Å²) in [6.45, 7) is 1.38. The fourth-order valence-corrected chi connectivity index (χ4v) is 3.39. The van der Waals surface area contributed by atoms with Gasteiger partial charge in [0.15, 0.2) is 0 Å². The second-order valence-electron chi connectivity index (χ2n) is 6.16. The Kier molecular flexibility index (Phi) is 2.70. The predicted octanol–water partition coefficient (Wildman–Crippen LogP) is 1.09. The quantitative estimate of drug-likeness (QED) is 0.739. The van der Waals surface area contributed by atoms with Gasteiger partial charge in [-0.25, -0.2) is 5.43 Å². The summed E-state index contributed by atoms with van der Waals surface area (Å²) in [4.78, 5) is 17.1. The third-order valence-electron chi connectivity index (χ3n) is 4.92. The molecule has 5 heteroatoms. The zero-order chi connectivity index (χ0) is 13.6. The van der Waals surface area contributed by atoms with Crippen LogP contribution in [-0.2, 0) is 9.53 Å². The van der Waals surface area contributed by atoms with Crippen LogP contribution in [0.3, 0.4) is 0 Å². The minimum atomic E-state index is -0.563. The molecule has 2 atom stereocenters. The van der Waals surface area contributed by atoms with Crippen molar-refractivity contribution in [2.75, 3.05) is 13.1 Å². The normalized spacial score (nSPS) is 35.1. The first-order chi connectivity index (χ1) is 9.78. The van der Waals surface area contributed by atoms with Crippen molar-refractivity contribution >= 4 is 12.2 Å². The molecule has 0 aromatic carbocycles. The van der Waals surface area contributed by atoms with Crippen LogP contribution in [0, 0.1) is 11.3 Å². The van der Waals surface area contributed by atoms with Crippen molar-refractivity contribution in [2.24, 2.45) is 16.3 Å². The summed E-state index contributed by atoms with van der Waals surface area (Å²) in [5.41, 5.74) is 8.00. The molecule has 0 spiro atoms. The van der Waals surface area contributed by atoms with Crippen LogP contribution in [-0.4, -0.2) is 31.4 Å². The number of esters is 1. The number of carbonyl (C=O) groups is 1. The molecule has 4 aliphatic rings. The van der Waals surface area contributed by atoms with Crippen LogP contribution < -0.4 is 10.9 Å². The molecule has 2 aliphatic carbocycles. The van der Waals surface area contributed by atoms with Gasteiger partial charge in [-0.3, -0.25) is 9.79 Å². The Labute approximate surface area is 118 Å². The summed E-state index contributed by atoms with van der Waals surface area (Å²) in [6, 6.07) is 0. The van der Waals surface area contributed by atoms with Crippen molar-refractivity contribution in [3.63, 3.8) is 0 Å². The van der Waals surface area contributed by atoms with E-state index in [-0.39, 0.29) is 12.1 Å². The van der Waals surface area contributed by atoms with Gasteiger partial charge in [-0.1, -0.05) is 0 Å². The second kappa shape index (κ2) is 4.45. The van der Waals surface area contributed by atoms with Crippen molar-refractivity contribution in [2.45, 2.75) is 31.8 Å². The third kappa shape index (κ3) is 1.73. The number of hydrazine groups is 1. The fourth-order valence-electron chi connectivity index (χ4n) is 3.39. The number of rotatable bonds is 2. The van der Waals surface area contributed by atoms with E-state index in [4.69, 9.17) is 4.74 Å². The molecule has 2 fully saturated rings. The first kappa shape index (κ1) is 12.1. The first-order valence-corrected chi connectivity index (χ1v) is 7.40. The van der Waals surface area contributed by atoms with Gasteiger partial charge in [-0.05, 0) is 43.4 Å². The van der Waals surface area contributed by atoms with Crippen molar-refractivity contribution in [1.82, 2.24) is 10.9 Å². The van der Waals surface area contributed by atoms with Crippen LogP contribution in [0.4, 0.5) is 0 Å². The zero-order valence-electron chi connectivity index (χ0n) is 11.4. The zero-order valence-corrected chi connectivity index (χ0v) is 11.4. The van der Waals surface area contributed by atoms with E-state index in [1.54, 1.807) is 6.21 Å². The van der Waals surface area contributed by atoms with Gasteiger partial charge >= 0.3 is 5.97 Å². The van der Waals surface area contributed by atoms with E-state index in [2.05, 4.69) is 21.9 Å². The summed E-state index contributed by atoms with van der Waals surface area (Å²) in [5.74, 6) is 0.280. The molecular formula is C15H19N3O2. The molecule has 2 heterocycles. The molecule has 2 unspecified atom stereocenters. The van der Waals surface area contributed by atoms with Crippen molar-refractivity contribution in [3.8, 4) is 0 Å². The highest BCUT2D eigenvalue weighted by molar-refractivity contribution is 5.88. The van der Waals surface area contributed by atoms with Gasteiger partial charge in [0.25, 0.3) is 0 Å². The Hall–Kier alpha value is -1.62. The van der Waals surface area contributed by atoms with E-state index >= 15 is 0 Å². The molecule has 0 aromatic rings. The average Bonchev–Trinajstić information content (AvgIpc) is 2.86. The number of aliphatic imine (C=N–C) groups is 1. The molecule has 4 rings (SSSR count). The van der Waals surface area contributed by atoms with Crippen LogP contribution in [0.2, 0.25) is 0 Å². The lowest BCUT2D eigenvalue weighted by molar-refractivity contribution is -0.163. The highest BCUT2D eigenvalue weighted by Crippen LogP contribution is 2.45. The maximum atomic E-state index is 12.7. The number of hydrogen-bond donors (Lipinski definition) is 2. The topological polar surface area (TPSA) is 62.7 Å². The number of fused-ring (bicyclic) bond motifs is 2. The maximum Gasteiger partial charge on any atom is 0.318 e. The summed E-state index contributed by atoms with van der Waals surface area (Å²) < 4.78 is 5.71. The van der Waals surface area contributed by atoms with Gasteiger partial charge in [0, 0.05) is 24.4 Å². The number of nitrogens with one attached hydrogen (secondary N) is 2. The van der Waals surface area contributed by atoms with E-state index in [0.29, 0.717) is 12.5 Å². The summed E-state index contributed by atoms with van der Waals surface area (Å²) >= 11 is 0. The summed E-state index contributed by atoms with van der Waals surface area (Å²) in [5, 5.41) is 0. The molecule has 20 heavy (non-hydrogen) atoms. The molecule has 1 saturated carbocycles. The molecule has 106 valence electrons. The van der Waals surface area contributed by atoms with E-state index in [1.807, 2.05) is 6.08 Å². The van der Waals surface area contributed by atoms with E-state index in [9.17, 15) is 4.79 Å². The van der Waals surface area contributed by atoms with Crippen LogP contribution in [0.15, 0.2) is 28.4 Å². The SMILES string of the molecule is O=C(OC1CCC1)C12CN=CC=C1C=C1NNCC1C2. The predicted molar refractivity (Wildman–Crippen MR) is 74.9 cm³/mol. The fraction of sp³-hybridized carbons (Fsp3) is 0.600. The third-order valence-corrected chi connectivity index (χ3v) is 4.92. The number of dihydropyridines is 1. The molecule has 0 amide bonds. The van der Waals surface area contributed by atoms with Gasteiger partial charge in [0.2, 0.25) is 0 Å². The van der Waals surface area contributed by atoms with Crippen molar-refractivity contribution < 1.29 is 9.53 Å². The smallest absolute Gasteiger partial charge is 0.318 e. The van der Waals surface area contributed by atoms with Gasteiger partial charge in [-0.15, -0.1) is 0 Å².